The Morgan fingerprint density at radius 1 is 1.04 bits per heavy atom. The largest absolute Gasteiger partial charge is 0.330 e. The molecule has 3 aromatic rings. The van der Waals surface area contributed by atoms with Crippen LogP contribution in [-0.2, 0) is 5.75 Å². The second-order valence-corrected chi connectivity index (χ2v) is 7.87. The molecule has 1 aromatic heterocycles. The third kappa shape index (κ3) is 4.38. The van der Waals surface area contributed by atoms with Crippen molar-refractivity contribution in [2.45, 2.75) is 17.0 Å². The average molecular weight is 382 g/mol. The Morgan fingerprint density at radius 2 is 1.74 bits per heavy atom. The van der Waals surface area contributed by atoms with Crippen LogP contribution in [0.15, 0.2) is 46.8 Å². The highest BCUT2D eigenvalue weighted by Crippen LogP contribution is 2.34. The molecule has 23 heavy (non-hydrogen) atoms. The van der Waals surface area contributed by atoms with Gasteiger partial charge < -0.3 is 5.32 Å². The number of rotatable bonds is 5. The number of hydrogen-bond acceptors (Lipinski definition) is 5. The minimum Gasteiger partial charge on any atom is -0.330 e. The lowest BCUT2D eigenvalue weighted by Crippen LogP contribution is -1.88. The van der Waals surface area contributed by atoms with E-state index in [-0.39, 0.29) is 0 Å². The molecule has 0 bridgehead atoms. The van der Waals surface area contributed by atoms with Crippen LogP contribution >= 0.6 is 46.3 Å². The van der Waals surface area contributed by atoms with E-state index in [1.165, 1.54) is 16.9 Å². The van der Waals surface area contributed by atoms with Crippen molar-refractivity contribution < 1.29 is 0 Å². The van der Waals surface area contributed by atoms with E-state index in [4.69, 9.17) is 23.2 Å². The highest BCUT2D eigenvalue weighted by atomic mass is 35.5. The maximum absolute atomic E-state index is 6.18. The van der Waals surface area contributed by atoms with Gasteiger partial charge in [-0.25, -0.2) is 0 Å². The highest BCUT2D eigenvalue weighted by Gasteiger charge is 2.09. The molecule has 0 aliphatic rings. The molecule has 0 atom stereocenters. The molecule has 0 aliphatic carbocycles. The van der Waals surface area contributed by atoms with E-state index in [2.05, 4.69) is 34.6 Å². The van der Waals surface area contributed by atoms with E-state index in [0.29, 0.717) is 15.8 Å². The van der Waals surface area contributed by atoms with Gasteiger partial charge in [0.25, 0.3) is 0 Å². The molecule has 0 unspecified atom stereocenters. The van der Waals surface area contributed by atoms with Gasteiger partial charge in [0.2, 0.25) is 5.13 Å². The first-order valence-electron chi connectivity index (χ1n) is 6.85. The third-order valence-electron chi connectivity index (χ3n) is 3.11. The second kappa shape index (κ2) is 7.53. The number of nitrogens with one attached hydrogen (secondary N) is 1. The Morgan fingerprint density at radius 3 is 2.43 bits per heavy atom. The summed E-state index contributed by atoms with van der Waals surface area (Å²) in [4.78, 5) is 0. The van der Waals surface area contributed by atoms with E-state index in [0.717, 1.165) is 20.7 Å². The lowest BCUT2D eigenvalue weighted by molar-refractivity contribution is 1.01. The van der Waals surface area contributed by atoms with Crippen LogP contribution in [0.2, 0.25) is 10.0 Å². The van der Waals surface area contributed by atoms with Gasteiger partial charge in [-0.1, -0.05) is 70.1 Å². The van der Waals surface area contributed by atoms with Gasteiger partial charge in [0, 0.05) is 21.5 Å². The Bertz CT molecular complexity index is 783. The standard InChI is InChI=1S/C16H13Cl2N3S2/c1-10-5-7-11(8-6-10)19-15-20-21-16(23-15)22-9-12-13(17)3-2-4-14(12)18/h2-8H,9H2,1H3,(H,19,20). The molecule has 2 aromatic carbocycles. The topological polar surface area (TPSA) is 37.8 Å². The Balaban J connectivity index is 1.64. The zero-order valence-electron chi connectivity index (χ0n) is 12.2. The summed E-state index contributed by atoms with van der Waals surface area (Å²) >= 11 is 15.4. The Kier molecular flexibility index (Phi) is 5.43. The van der Waals surface area contributed by atoms with E-state index >= 15 is 0 Å². The number of aryl methyl sites for hydroxylation is 1. The third-order valence-corrected chi connectivity index (χ3v) is 5.82. The average Bonchev–Trinajstić information content (AvgIpc) is 2.97. The summed E-state index contributed by atoms with van der Waals surface area (Å²) in [5.41, 5.74) is 3.14. The van der Waals surface area contributed by atoms with E-state index in [1.54, 1.807) is 11.8 Å². The Hall–Kier alpha value is -1.27. The van der Waals surface area contributed by atoms with Crippen LogP contribution in [0.5, 0.6) is 0 Å². The minimum absolute atomic E-state index is 0.664. The summed E-state index contributed by atoms with van der Waals surface area (Å²) in [7, 11) is 0. The summed E-state index contributed by atoms with van der Waals surface area (Å²) in [6.45, 7) is 2.06. The summed E-state index contributed by atoms with van der Waals surface area (Å²) in [6, 6.07) is 13.7. The summed E-state index contributed by atoms with van der Waals surface area (Å²) in [5.74, 6) is 0.664. The monoisotopic (exact) mass is 381 g/mol. The van der Waals surface area contributed by atoms with Gasteiger partial charge in [0.05, 0.1) is 0 Å². The molecule has 0 aliphatic heterocycles. The molecule has 0 spiro atoms. The minimum atomic E-state index is 0.664. The van der Waals surface area contributed by atoms with E-state index in [1.807, 2.05) is 30.3 Å². The fourth-order valence-electron chi connectivity index (χ4n) is 1.88. The molecule has 7 heteroatoms. The smallest absolute Gasteiger partial charge is 0.210 e. The zero-order valence-corrected chi connectivity index (χ0v) is 15.4. The molecular formula is C16H13Cl2N3S2. The second-order valence-electron chi connectivity index (χ2n) is 4.85. The number of anilines is 2. The highest BCUT2D eigenvalue weighted by molar-refractivity contribution is 8.00. The first-order chi connectivity index (χ1) is 11.1. The number of halogens is 2. The van der Waals surface area contributed by atoms with Crippen molar-refractivity contribution in [1.29, 1.82) is 0 Å². The van der Waals surface area contributed by atoms with Crippen LogP contribution in [0.25, 0.3) is 0 Å². The van der Waals surface area contributed by atoms with Gasteiger partial charge in [0.1, 0.15) is 0 Å². The first kappa shape index (κ1) is 16.6. The molecule has 1 heterocycles. The van der Waals surface area contributed by atoms with Gasteiger partial charge in [-0.2, -0.15) is 0 Å². The van der Waals surface area contributed by atoms with Crippen molar-refractivity contribution in [2.24, 2.45) is 0 Å². The van der Waals surface area contributed by atoms with Crippen molar-refractivity contribution in [3.63, 3.8) is 0 Å². The summed E-state index contributed by atoms with van der Waals surface area (Å²) < 4.78 is 0.871. The number of hydrogen-bond donors (Lipinski definition) is 1. The van der Waals surface area contributed by atoms with Gasteiger partial charge in [-0.15, -0.1) is 10.2 Å². The normalized spacial score (nSPS) is 10.7. The van der Waals surface area contributed by atoms with Gasteiger partial charge in [-0.05, 0) is 36.8 Å². The van der Waals surface area contributed by atoms with Crippen molar-refractivity contribution in [1.82, 2.24) is 10.2 Å². The number of benzene rings is 2. The zero-order chi connectivity index (χ0) is 16.2. The van der Waals surface area contributed by atoms with Crippen LogP contribution in [0.3, 0.4) is 0 Å². The van der Waals surface area contributed by atoms with Gasteiger partial charge >= 0.3 is 0 Å². The van der Waals surface area contributed by atoms with Crippen molar-refractivity contribution in [3.05, 3.63) is 63.6 Å². The van der Waals surface area contributed by atoms with E-state index in [9.17, 15) is 0 Å². The van der Waals surface area contributed by atoms with E-state index < -0.39 is 0 Å². The molecule has 0 amide bonds. The summed E-state index contributed by atoms with van der Waals surface area (Å²) in [5, 5.41) is 13.7. The SMILES string of the molecule is Cc1ccc(Nc2nnc(SCc3c(Cl)cccc3Cl)s2)cc1. The summed E-state index contributed by atoms with van der Waals surface area (Å²) in [6.07, 6.45) is 0. The Labute approximate surface area is 153 Å². The quantitative estimate of drug-likeness (QED) is 0.534. The molecule has 0 saturated carbocycles. The van der Waals surface area contributed by atoms with Crippen LogP contribution in [-0.4, -0.2) is 10.2 Å². The molecule has 118 valence electrons. The molecule has 0 saturated heterocycles. The maximum atomic E-state index is 6.18. The number of aromatic nitrogens is 2. The molecule has 1 N–H and O–H groups in total. The number of thioether (sulfide) groups is 1. The predicted octanol–water partition coefficient (Wildman–Crippen LogP) is 6.19. The molecular weight excluding hydrogens is 369 g/mol. The molecule has 3 nitrogen and oxygen atoms in total. The van der Waals surface area contributed by atoms with Crippen LogP contribution in [0, 0.1) is 6.92 Å². The first-order valence-corrected chi connectivity index (χ1v) is 9.40. The van der Waals surface area contributed by atoms with Crippen molar-refractivity contribution in [2.75, 3.05) is 5.32 Å². The van der Waals surface area contributed by atoms with Crippen molar-refractivity contribution in [3.8, 4) is 0 Å². The van der Waals surface area contributed by atoms with Crippen LogP contribution < -0.4 is 5.32 Å². The predicted molar refractivity (Wildman–Crippen MR) is 100 cm³/mol. The molecule has 3 rings (SSSR count). The van der Waals surface area contributed by atoms with Gasteiger partial charge in [-0.3, -0.25) is 0 Å². The maximum Gasteiger partial charge on any atom is 0.210 e. The van der Waals surface area contributed by atoms with Crippen LogP contribution in [0.1, 0.15) is 11.1 Å². The van der Waals surface area contributed by atoms with Crippen molar-refractivity contribution >= 4 is 57.1 Å². The lowest BCUT2D eigenvalue weighted by atomic mass is 10.2. The molecule has 0 radical (unpaired) electrons. The molecule has 0 fully saturated rings. The fraction of sp³-hybridized carbons (Fsp3) is 0.125. The number of nitrogens with zero attached hydrogens (tertiary/aromatic N) is 2. The fourth-order valence-corrected chi connectivity index (χ4v) is 4.40. The van der Waals surface area contributed by atoms with Gasteiger partial charge in [0.15, 0.2) is 4.34 Å². The lowest BCUT2D eigenvalue weighted by Gasteiger charge is -2.04. The van der Waals surface area contributed by atoms with Crippen LogP contribution in [0.4, 0.5) is 10.8 Å².